The molecule has 0 aliphatic carbocycles. The fourth-order valence-electron chi connectivity index (χ4n) is 1.93. The zero-order valence-corrected chi connectivity index (χ0v) is 13.5. The number of nitrogens with zero attached hydrogens (tertiary/aromatic N) is 3. The van der Waals surface area contributed by atoms with E-state index in [-0.39, 0.29) is 0 Å². The fraction of sp³-hybridized carbons (Fsp3) is 0.733. The summed E-state index contributed by atoms with van der Waals surface area (Å²) in [7, 11) is 2.18. The van der Waals surface area contributed by atoms with Gasteiger partial charge in [-0.25, -0.2) is 9.97 Å². The number of unbranched alkanes of at least 4 members (excludes halogenated alkanes) is 1. The molecular formula is C15H29N5. The number of aromatic nitrogens is 2. The minimum atomic E-state index is 0.620. The van der Waals surface area contributed by atoms with Gasteiger partial charge in [-0.3, -0.25) is 0 Å². The average Bonchev–Trinajstić information content (AvgIpc) is 2.42. The third-order valence-corrected chi connectivity index (χ3v) is 3.54. The van der Waals surface area contributed by atoms with E-state index in [4.69, 9.17) is 0 Å². The molecule has 0 bridgehead atoms. The van der Waals surface area contributed by atoms with Crippen LogP contribution in [0, 0.1) is 6.92 Å². The molecule has 5 nitrogen and oxygen atoms in total. The molecule has 114 valence electrons. The van der Waals surface area contributed by atoms with Gasteiger partial charge in [0.25, 0.3) is 0 Å². The largest absolute Gasteiger partial charge is 0.370 e. The van der Waals surface area contributed by atoms with Gasteiger partial charge in [0.15, 0.2) is 0 Å². The molecule has 0 amide bonds. The van der Waals surface area contributed by atoms with E-state index in [9.17, 15) is 0 Å². The van der Waals surface area contributed by atoms with E-state index >= 15 is 0 Å². The Hall–Kier alpha value is -1.36. The summed E-state index contributed by atoms with van der Waals surface area (Å²) in [6.07, 6.45) is 3.96. The molecule has 0 aliphatic rings. The van der Waals surface area contributed by atoms with Crippen molar-refractivity contribution < 1.29 is 0 Å². The zero-order chi connectivity index (χ0) is 15.0. The Bertz CT molecular complexity index is 392. The topological polar surface area (TPSA) is 53.1 Å². The Morgan fingerprint density at radius 1 is 1.15 bits per heavy atom. The van der Waals surface area contributed by atoms with E-state index in [1.165, 1.54) is 6.42 Å². The Labute approximate surface area is 123 Å². The van der Waals surface area contributed by atoms with Crippen molar-refractivity contribution in [2.45, 2.75) is 46.6 Å². The molecule has 1 aromatic rings. The quantitative estimate of drug-likeness (QED) is 0.681. The molecule has 0 atom stereocenters. The normalized spacial score (nSPS) is 11.2. The SMILES string of the molecule is CCNc1ncnc(NCCCCN(C)C(C)C)c1C. The summed E-state index contributed by atoms with van der Waals surface area (Å²) in [4.78, 5) is 10.9. The van der Waals surface area contributed by atoms with Crippen LogP contribution in [0.5, 0.6) is 0 Å². The van der Waals surface area contributed by atoms with Gasteiger partial charge in [0.05, 0.1) is 0 Å². The molecule has 0 saturated carbocycles. The van der Waals surface area contributed by atoms with E-state index in [0.717, 1.165) is 43.3 Å². The molecule has 20 heavy (non-hydrogen) atoms. The number of hydrogen-bond donors (Lipinski definition) is 2. The van der Waals surface area contributed by atoms with Crippen molar-refractivity contribution in [1.29, 1.82) is 0 Å². The molecule has 1 heterocycles. The van der Waals surface area contributed by atoms with Crippen LogP contribution in [0.25, 0.3) is 0 Å². The maximum atomic E-state index is 4.31. The van der Waals surface area contributed by atoms with Crippen LogP contribution in [-0.4, -0.2) is 47.6 Å². The molecule has 1 aromatic heterocycles. The summed E-state index contributed by atoms with van der Waals surface area (Å²) >= 11 is 0. The number of anilines is 2. The van der Waals surface area contributed by atoms with Crippen molar-refractivity contribution in [3.63, 3.8) is 0 Å². The van der Waals surface area contributed by atoms with Crippen molar-refractivity contribution in [2.24, 2.45) is 0 Å². The standard InChI is InChI=1S/C15H29N5/c1-6-16-14-13(4)15(19-11-18-14)17-9-7-8-10-20(5)12(2)3/h11-12H,6-10H2,1-5H3,(H2,16,17,18,19). The average molecular weight is 279 g/mol. The number of rotatable bonds is 9. The molecule has 0 unspecified atom stereocenters. The molecule has 0 saturated heterocycles. The molecule has 0 radical (unpaired) electrons. The minimum Gasteiger partial charge on any atom is -0.370 e. The second-order valence-corrected chi connectivity index (χ2v) is 5.43. The smallest absolute Gasteiger partial charge is 0.134 e. The van der Waals surface area contributed by atoms with Gasteiger partial charge in [-0.1, -0.05) is 0 Å². The van der Waals surface area contributed by atoms with Crippen LogP contribution in [-0.2, 0) is 0 Å². The highest BCUT2D eigenvalue weighted by atomic mass is 15.1. The Kier molecular flexibility index (Phi) is 7.30. The summed E-state index contributed by atoms with van der Waals surface area (Å²) in [5.41, 5.74) is 1.09. The van der Waals surface area contributed by atoms with Gasteiger partial charge in [-0.15, -0.1) is 0 Å². The number of nitrogens with one attached hydrogen (secondary N) is 2. The molecule has 0 aromatic carbocycles. The van der Waals surface area contributed by atoms with Gasteiger partial charge in [0.1, 0.15) is 18.0 Å². The van der Waals surface area contributed by atoms with Gasteiger partial charge in [0.2, 0.25) is 0 Å². The van der Waals surface area contributed by atoms with Crippen LogP contribution in [0.4, 0.5) is 11.6 Å². The van der Waals surface area contributed by atoms with Gasteiger partial charge in [0, 0.05) is 24.7 Å². The van der Waals surface area contributed by atoms with E-state index in [1.807, 2.05) is 6.92 Å². The maximum absolute atomic E-state index is 4.31. The van der Waals surface area contributed by atoms with Gasteiger partial charge in [-0.2, -0.15) is 0 Å². The summed E-state index contributed by atoms with van der Waals surface area (Å²) in [5, 5.41) is 6.65. The van der Waals surface area contributed by atoms with Crippen molar-refractivity contribution in [2.75, 3.05) is 37.3 Å². The van der Waals surface area contributed by atoms with Crippen LogP contribution in [0.15, 0.2) is 6.33 Å². The Morgan fingerprint density at radius 3 is 2.40 bits per heavy atom. The Balaban J connectivity index is 2.33. The van der Waals surface area contributed by atoms with Crippen molar-refractivity contribution >= 4 is 11.6 Å². The molecule has 1 rings (SSSR count). The lowest BCUT2D eigenvalue weighted by molar-refractivity contribution is 0.269. The molecule has 0 fully saturated rings. The van der Waals surface area contributed by atoms with Gasteiger partial charge >= 0.3 is 0 Å². The highest BCUT2D eigenvalue weighted by molar-refractivity contribution is 5.56. The Morgan fingerprint density at radius 2 is 1.80 bits per heavy atom. The second kappa shape index (κ2) is 8.74. The molecule has 5 heteroatoms. The van der Waals surface area contributed by atoms with E-state index in [1.54, 1.807) is 6.33 Å². The molecule has 0 aliphatic heterocycles. The zero-order valence-electron chi connectivity index (χ0n) is 13.5. The lowest BCUT2D eigenvalue weighted by Gasteiger charge is -2.20. The predicted molar refractivity (Wildman–Crippen MR) is 86.4 cm³/mol. The lowest BCUT2D eigenvalue weighted by Crippen LogP contribution is -2.27. The number of hydrogen-bond acceptors (Lipinski definition) is 5. The van der Waals surface area contributed by atoms with Crippen LogP contribution in [0.1, 0.15) is 39.2 Å². The summed E-state index contributed by atoms with van der Waals surface area (Å²) in [6, 6.07) is 0.620. The maximum Gasteiger partial charge on any atom is 0.134 e. The first-order valence-corrected chi connectivity index (χ1v) is 7.55. The summed E-state index contributed by atoms with van der Waals surface area (Å²) < 4.78 is 0. The highest BCUT2D eigenvalue weighted by Gasteiger charge is 2.06. The van der Waals surface area contributed by atoms with Crippen molar-refractivity contribution in [3.8, 4) is 0 Å². The molecular weight excluding hydrogens is 250 g/mol. The monoisotopic (exact) mass is 279 g/mol. The van der Waals surface area contributed by atoms with Crippen LogP contribution in [0.2, 0.25) is 0 Å². The minimum absolute atomic E-state index is 0.620. The summed E-state index contributed by atoms with van der Waals surface area (Å²) in [5.74, 6) is 1.86. The first-order chi connectivity index (χ1) is 9.56. The molecule has 0 spiro atoms. The van der Waals surface area contributed by atoms with Crippen LogP contribution in [0.3, 0.4) is 0 Å². The van der Waals surface area contributed by atoms with Crippen LogP contribution >= 0.6 is 0 Å². The van der Waals surface area contributed by atoms with Crippen molar-refractivity contribution in [3.05, 3.63) is 11.9 Å². The third-order valence-electron chi connectivity index (χ3n) is 3.54. The summed E-state index contributed by atoms with van der Waals surface area (Å²) in [6.45, 7) is 11.5. The highest BCUT2D eigenvalue weighted by Crippen LogP contribution is 2.17. The second-order valence-electron chi connectivity index (χ2n) is 5.43. The predicted octanol–water partition coefficient (Wildman–Crippen LogP) is 2.75. The van der Waals surface area contributed by atoms with Gasteiger partial charge < -0.3 is 15.5 Å². The van der Waals surface area contributed by atoms with E-state index < -0.39 is 0 Å². The third kappa shape index (κ3) is 5.33. The molecule has 2 N–H and O–H groups in total. The van der Waals surface area contributed by atoms with Crippen molar-refractivity contribution in [1.82, 2.24) is 14.9 Å². The lowest BCUT2D eigenvalue weighted by atomic mass is 10.2. The van der Waals surface area contributed by atoms with E-state index in [2.05, 4.69) is 53.3 Å². The van der Waals surface area contributed by atoms with E-state index in [0.29, 0.717) is 6.04 Å². The first-order valence-electron chi connectivity index (χ1n) is 7.55. The first kappa shape index (κ1) is 16.7. The van der Waals surface area contributed by atoms with Crippen LogP contribution < -0.4 is 10.6 Å². The van der Waals surface area contributed by atoms with Gasteiger partial charge in [-0.05, 0) is 54.1 Å². The fourth-order valence-corrected chi connectivity index (χ4v) is 1.93.